The molecule has 0 amide bonds. The molecule has 1 N–H and O–H groups in total. The van der Waals surface area contributed by atoms with Gasteiger partial charge in [-0.05, 0) is 29.1 Å². The molecule has 4 aromatic rings. The number of aromatic carboxylic acids is 1. The molecule has 32 heavy (non-hydrogen) atoms. The molecule has 1 unspecified atom stereocenters. The van der Waals surface area contributed by atoms with Crippen LogP contribution in [-0.2, 0) is 21.1 Å². The van der Waals surface area contributed by atoms with Crippen LogP contribution >= 0.6 is 0 Å². The third kappa shape index (κ3) is 4.42. The number of rotatable bonds is 5. The van der Waals surface area contributed by atoms with Crippen molar-refractivity contribution in [3.8, 4) is 11.3 Å². The normalized spacial score (nSPS) is 12.5. The Labute approximate surface area is 198 Å². The number of pyridine rings is 3. The van der Waals surface area contributed by atoms with E-state index >= 15 is 0 Å². The zero-order chi connectivity index (χ0) is 22.0. The molecule has 0 saturated heterocycles. The average molecular weight is 628 g/mol. The van der Waals surface area contributed by atoms with Crippen LogP contribution in [0.4, 0.5) is 8.78 Å². The molecule has 3 heterocycles. The van der Waals surface area contributed by atoms with Gasteiger partial charge in [-0.15, -0.1) is 6.07 Å². The van der Waals surface area contributed by atoms with Gasteiger partial charge in [0.1, 0.15) is 17.6 Å². The van der Waals surface area contributed by atoms with Crippen LogP contribution in [-0.4, -0.2) is 34.1 Å². The zero-order valence-electron chi connectivity index (χ0n) is 16.7. The number of hydrogen-bond donors (Lipinski definition) is 1. The summed E-state index contributed by atoms with van der Waals surface area (Å²) in [5.41, 5.74) is 0.150. The van der Waals surface area contributed by atoms with E-state index in [0.717, 1.165) is 11.3 Å². The Morgan fingerprint density at radius 2 is 1.56 bits per heavy atom. The minimum atomic E-state index is -2.86. The topological polar surface area (TPSA) is 76.0 Å². The monoisotopic (exact) mass is 627 g/mol. The Kier molecular flexibility index (Phi) is 7.06. The molecule has 1 atom stereocenters. The van der Waals surface area contributed by atoms with E-state index < -0.39 is 25.9 Å². The summed E-state index contributed by atoms with van der Waals surface area (Å²) in [4.78, 5) is 23.8. The molecule has 0 bridgehead atoms. The van der Waals surface area contributed by atoms with Crippen molar-refractivity contribution in [3.05, 3.63) is 96.5 Å². The second kappa shape index (κ2) is 9.59. The molecule has 3 aromatic heterocycles. The summed E-state index contributed by atoms with van der Waals surface area (Å²) in [6.07, 6.45) is 0. The van der Waals surface area contributed by atoms with Gasteiger partial charge in [0.25, 0.3) is 0 Å². The molecule has 5 nitrogen and oxygen atoms in total. The van der Waals surface area contributed by atoms with Crippen molar-refractivity contribution in [2.24, 2.45) is 0 Å². The minimum Gasteiger partial charge on any atom is -0.477 e. The van der Waals surface area contributed by atoms with E-state index in [4.69, 9.17) is 0 Å². The second-order valence-electron chi connectivity index (χ2n) is 7.00. The standard InChI is InChI=1S/C23H16F2N3O2Si.Pt/c1-31(15-7-3-2-4-8-15,21-12-6-10-18(27-21)23(29)30)20-11-5-9-17(26-20)16-13-14-19(24)28-22(16)25;/h2-12,14H,1H3,(H,29,30);/q-1;. The molecule has 0 aliphatic rings. The van der Waals surface area contributed by atoms with Gasteiger partial charge in [0.05, 0.1) is 0 Å². The molecule has 0 fully saturated rings. The Morgan fingerprint density at radius 1 is 0.906 bits per heavy atom. The van der Waals surface area contributed by atoms with Crippen molar-refractivity contribution in [2.45, 2.75) is 6.55 Å². The summed E-state index contributed by atoms with van der Waals surface area (Å²) in [5.74, 6) is -3.09. The van der Waals surface area contributed by atoms with Crippen molar-refractivity contribution in [1.29, 1.82) is 0 Å². The fourth-order valence-electron chi connectivity index (χ4n) is 3.44. The van der Waals surface area contributed by atoms with Crippen LogP contribution in [0.15, 0.2) is 72.8 Å². The fourth-order valence-corrected chi connectivity index (χ4v) is 6.70. The first kappa shape index (κ1) is 23.6. The molecule has 0 saturated carbocycles. The maximum absolute atomic E-state index is 14.3. The van der Waals surface area contributed by atoms with Crippen LogP contribution in [0.1, 0.15) is 10.5 Å². The fraction of sp³-hybridized carbons (Fsp3) is 0.0435. The Balaban J connectivity index is 0.00000289. The summed E-state index contributed by atoms with van der Waals surface area (Å²) in [6, 6.07) is 23.1. The number of halogens is 2. The number of benzene rings is 1. The van der Waals surface area contributed by atoms with E-state index in [1.807, 2.05) is 42.9 Å². The zero-order valence-corrected chi connectivity index (χ0v) is 20.0. The van der Waals surface area contributed by atoms with Crippen LogP contribution in [0.25, 0.3) is 11.3 Å². The van der Waals surface area contributed by atoms with Gasteiger partial charge in [-0.2, -0.15) is 0 Å². The van der Waals surface area contributed by atoms with Crippen molar-refractivity contribution in [1.82, 2.24) is 15.0 Å². The summed E-state index contributed by atoms with van der Waals surface area (Å²) >= 11 is 0. The van der Waals surface area contributed by atoms with Crippen LogP contribution in [0.3, 0.4) is 0 Å². The maximum atomic E-state index is 14.3. The van der Waals surface area contributed by atoms with E-state index in [9.17, 15) is 18.7 Å². The first-order valence-corrected chi connectivity index (χ1v) is 11.9. The van der Waals surface area contributed by atoms with Crippen molar-refractivity contribution in [2.75, 3.05) is 0 Å². The summed E-state index contributed by atoms with van der Waals surface area (Å²) in [7, 11) is -2.86. The van der Waals surface area contributed by atoms with Crippen LogP contribution in [0.2, 0.25) is 6.55 Å². The van der Waals surface area contributed by atoms with E-state index in [-0.39, 0.29) is 38.0 Å². The molecule has 4 rings (SSSR count). The SMILES string of the molecule is C[Si](c1ccccc1)(c1cccc(C(=O)O)n1)c1cccc(-c2[c-]cc(F)nc2F)n1.[Pt]. The molecule has 9 heteroatoms. The number of carbonyl (C=O) groups is 1. The molecular weight excluding hydrogens is 611 g/mol. The third-order valence-corrected chi connectivity index (χ3v) is 9.19. The van der Waals surface area contributed by atoms with Gasteiger partial charge in [0, 0.05) is 31.7 Å². The first-order valence-electron chi connectivity index (χ1n) is 9.37. The third-order valence-electron chi connectivity index (χ3n) is 5.10. The van der Waals surface area contributed by atoms with Crippen molar-refractivity contribution < 1.29 is 39.7 Å². The number of carboxylic acid groups (broad SMARTS) is 1. The van der Waals surface area contributed by atoms with Crippen molar-refractivity contribution in [3.63, 3.8) is 0 Å². The van der Waals surface area contributed by atoms with Gasteiger partial charge in [-0.25, -0.2) is 18.6 Å². The number of carboxylic acids is 1. The minimum absolute atomic E-state index is 0. The van der Waals surface area contributed by atoms with E-state index in [1.165, 1.54) is 6.07 Å². The van der Waals surface area contributed by atoms with E-state index in [1.54, 1.807) is 24.3 Å². The van der Waals surface area contributed by atoms with Gasteiger partial charge < -0.3 is 10.1 Å². The number of hydrogen-bond acceptors (Lipinski definition) is 4. The molecule has 0 spiro atoms. The molecule has 164 valence electrons. The summed E-state index contributed by atoms with van der Waals surface area (Å²) < 4.78 is 27.5. The largest absolute Gasteiger partial charge is 0.477 e. The van der Waals surface area contributed by atoms with Crippen LogP contribution in [0, 0.1) is 18.0 Å². The van der Waals surface area contributed by atoms with Crippen LogP contribution in [0.5, 0.6) is 0 Å². The Hall–Kier alpha value is -3.09. The van der Waals surface area contributed by atoms with E-state index in [0.29, 0.717) is 10.6 Å². The number of nitrogens with zero attached hydrogens (tertiary/aromatic N) is 3. The predicted molar refractivity (Wildman–Crippen MR) is 114 cm³/mol. The predicted octanol–water partition coefficient (Wildman–Crippen LogP) is 2.41. The van der Waals surface area contributed by atoms with Gasteiger partial charge in [0.15, 0.2) is 8.07 Å². The van der Waals surface area contributed by atoms with Gasteiger partial charge in [0.2, 0.25) is 0 Å². The molecule has 0 aliphatic carbocycles. The van der Waals surface area contributed by atoms with Crippen molar-refractivity contribution >= 4 is 29.9 Å². The maximum Gasteiger partial charge on any atom is 0.354 e. The number of aromatic nitrogens is 3. The van der Waals surface area contributed by atoms with Gasteiger partial charge >= 0.3 is 5.97 Å². The smallest absolute Gasteiger partial charge is 0.354 e. The Bertz CT molecular complexity index is 1280. The van der Waals surface area contributed by atoms with Crippen LogP contribution < -0.4 is 15.8 Å². The quantitative estimate of drug-likeness (QED) is 0.209. The second-order valence-corrected chi connectivity index (χ2v) is 10.9. The summed E-state index contributed by atoms with van der Waals surface area (Å²) in [6.45, 7) is 2.01. The molecule has 0 radical (unpaired) electrons. The summed E-state index contributed by atoms with van der Waals surface area (Å²) in [5, 5.41) is 11.6. The van der Waals surface area contributed by atoms with E-state index in [2.05, 4.69) is 21.0 Å². The molecular formula is C23H16F2N3O2PtSi-. The molecule has 0 aliphatic heterocycles. The molecule has 1 aromatic carbocycles. The van der Waals surface area contributed by atoms with Gasteiger partial charge in [-0.1, -0.05) is 66.7 Å². The first-order chi connectivity index (χ1) is 14.9. The van der Waals surface area contributed by atoms with Gasteiger partial charge in [-0.3, -0.25) is 4.98 Å². The Morgan fingerprint density at radius 3 is 2.22 bits per heavy atom. The average Bonchev–Trinajstić information content (AvgIpc) is 2.79.